The van der Waals surface area contributed by atoms with E-state index in [1.807, 2.05) is 6.92 Å². The Kier molecular flexibility index (Phi) is 8.25. The van der Waals surface area contributed by atoms with Crippen molar-refractivity contribution in [3.05, 3.63) is 29.8 Å². The molecular formula is C27H39N3O4. The molecule has 0 saturated heterocycles. The molecule has 7 heteroatoms. The van der Waals surface area contributed by atoms with Crippen LogP contribution in [0.2, 0.25) is 0 Å². The lowest BCUT2D eigenvalue weighted by Gasteiger charge is -2.56. The molecule has 2 amide bonds. The molecule has 1 aromatic rings. The zero-order chi connectivity index (χ0) is 25.0. The average molecular weight is 470 g/mol. The number of benzene rings is 1. The predicted molar refractivity (Wildman–Crippen MR) is 130 cm³/mol. The number of nitrogens with zero attached hydrogens (tertiary/aromatic N) is 2. The second kappa shape index (κ2) is 10.8. The molecule has 0 bridgehead atoms. The SMILES string of the molecule is COc1ccc(C(=O)N[C@H]2CC[C@]3(C)CCC([C@H](C)C(=O)N(C)CCC#N)[C@H](O)[C@H]3[C@@H]2C)cc1. The molecule has 2 saturated carbocycles. The van der Waals surface area contributed by atoms with E-state index in [1.165, 1.54) is 0 Å². The first kappa shape index (κ1) is 26.0. The first-order valence-electron chi connectivity index (χ1n) is 12.4. The van der Waals surface area contributed by atoms with E-state index in [0.29, 0.717) is 24.3 Å². The summed E-state index contributed by atoms with van der Waals surface area (Å²) in [6.45, 7) is 6.68. The van der Waals surface area contributed by atoms with Crippen molar-refractivity contribution >= 4 is 11.8 Å². The fourth-order valence-corrected chi connectivity index (χ4v) is 6.35. The Morgan fingerprint density at radius 2 is 1.94 bits per heavy atom. The third-order valence-electron chi connectivity index (χ3n) is 8.52. The number of hydrogen-bond acceptors (Lipinski definition) is 5. The molecule has 2 aliphatic carbocycles. The van der Waals surface area contributed by atoms with Gasteiger partial charge < -0.3 is 20.1 Å². The first-order chi connectivity index (χ1) is 16.1. The number of amides is 2. The van der Waals surface area contributed by atoms with Crippen molar-refractivity contribution in [3.63, 3.8) is 0 Å². The van der Waals surface area contributed by atoms with Gasteiger partial charge in [0.25, 0.3) is 5.91 Å². The van der Waals surface area contributed by atoms with E-state index >= 15 is 0 Å². The quantitative estimate of drug-likeness (QED) is 0.635. The smallest absolute Gasteiger partial charge is 0.251 e. The standard InChI is InChI=1S/C27H39N3O4/c1-17(26(33)30(4)16-6-15-28)21-11-13-27(3)14-12-22(18(2)23(27)24(21)31)29-25(32)19-7-9-20(34-5)10-8-19/h7-10,17-18,21-24,31H,6,11-14,16H2,1-5H3,(H,29,32)/t17-,18+,21?,22-,23+,24-,27-/m0/s1. The average Bonchev–Trinajstić information content (AvgIpc) is 2.83. The predicted octanol–water partition coefficient (Wildman–Crippen LogP) is 3.63. The summed E-state index contributed by atoms with van der Waals surface area (Å²) in [6.07, 6.45) is 3.27. The lowest BCUT2D eigenvalue weighted by Crippen LogP contribution is -2.58. The molecule has 0 heterocycles. The van der Waals surface area contributed by atoms with Gasteiger partial charge in [-0.2, -0.15) is 5.26 Å². The maximum absolute atomic E-state index is 13.0. The fraction of sp³-hybridized carbons (Fsp3) is 0.667. The molecule has 2 aliphatic rings. The summed E-state index contributed by atoms with van der Waals surface area (Å²) < 4.78 is 5.18. The summed E-state index contributed by atoms with van der Waals surface area (Å²) in [7, 11) is 3.32. The van der Waals surface area contributed by atoms with Gasteiger partial charge in [0.05, 0.1) is 25.7 Å². The molecule has 3 rings (SSSR count). The minimum Gasteiger partial charge on any atom is -0.497 e. The van der Waals surface area contributed by atoms with E-state index in [1.54, 1.807) is 43.3 Å². The highest BCUT2D eigenvalue weighted by atomic mass is 16.5. The van der Waals surface area contributed by atoms with Gasteiger partial charge in [-0.15, -0.1) is 0 Å². The highest BCUT2D eigenvalue weighted by Crippen LogP contribution is 2.55. The summed E-state index contributed by atoms with van der Waals surface area (Å²) in [5.74, 6) is 0.205. The molecule has 2 fully saturated rings. The largest absolute Gasteiger partial charge is 0.497 e. The maximum Gasteiger partial charge on any atom is 0.251 e. The van der Waals surface area contributed by atoms with Crippen LogP contribution in [0.1, 0.15) is 63.2 Å². The Labute approximate surface area is 203 Å². The van der Waals surface area contributed by atoms with Gasteiger partial charge in [-0.1, -0.05) is 20.8 Å². The number of carbonyl (C=O) groups excluding carboxylic acids is 2. The monoisotopic (exact) mass is 469 g/mol. The van der Waals surface area contributed by atoms with Gasteiger partial charge in [-0.25, -0.2) is 0 Å². The number of methoxy groups -OCH3 is 1. The van der Waals surface area contributed by atoms with Gasteiger partial charge in [0.1, 0.15) is 5.75 Å². The second-order valence-electron chi connectivity index (χ2n) is 10.5. The zero-order valence-corrected chi connectivity index (χ0v) is 21.1. The van der Waals surface area contributed by atoms with Crippen LogP contribution >= 0.6 is 0 Å². The van der Waals surface area contributed by atoms with E-state index in [4.69, 9.17) is 10.00 Å². The molecule has 2 N–H and O–H groups in total. The van der Waals surface area contributed by atoms with Gasteiger partial charge in [0.2, 0.25) is 5.91 Å². The molecule has 0 radical (unpaired) electrons. The number of aliphatic hydroxyl groups is 1. The second-order valence-corrected chi connectivity index (χ2v) is 10.5. The van der Waals surface area contributed by atoms with Crippen molar-refractivity contribution < 1.29 is 19.4 Å². The maximum atomic E-state index is 13.0. The Bertz CT molecular complexity index is 911. The number of carbonyl (C=O) groups is 2. The van der Waals surface area contributed by atoms with Crippen LogP contribution in [-0.4, -0.2) is 54.7 Å². The fourth-order valence-electron chi connectivity index (χ4n) is 6.35. The molecule has 34 heavy (non-hydrogen) atoms. The Morgan fingerprint density at radius 3 is 2.56 bits per heavy atom. The molecular weight excluding hydrogens is 430 g/mol. The normalized spacial score (nSPS) is 31.5. The minimum atomic E-state index is -0.613. The molecule has 1 unspecified atom stereocenters. The molecule has 0 aromatic heterocycles. The van der Waals surface area contributed by atoms with Crippen LogP contribution in [0, 0.1) is 40.4 Å². The minimum absolute atomic E-state index is 0.000770. The van der Waals surface area contributed by atoms with Gasteiger partial charge in [0.15, 0.2) is 0 Å². The number of fused-ring (bicyclic) bond motifs is 1. The summed E-state index contributed by atoms with van der Waals surface area (Å²) in [6, 6.07) is 9.11. The lowest BCUT2D eigenvalue weighted by atomic mass is 9.51. The van der Waals surface area contributed by atoms with E-state index < -0.39 is 6.10 Å². The summed E-state index contributed by atoms with van der Waals surface area (Å²) in [4.78, 5) is 27.5. The molecule has 7 atom stereocenters. The number of nitrogens with one attached hydrogen (secondary N) is 1. The number of aliphatic hydroxyl groups excluding tert-OH is 1. The van der Waals surface area contributed by atoms with Gasteiger partial charge in [-0.3, -0.25) is 9.59 Å². The van der Waals surface area contributed by atoms with Crippen LogP contribution in [0.5, 0.6) is 5.75 Å². The van der Waals surface area contributed by atoms with Crippen molar-refractivity contribution in [1.82, 2.24) is 10.2 Å². The Hall–Kier alpha value is -2.59. The Balaban J connectivity index is 1.72. The number of hydrogen-bond donors (Lipinski definition) is 2. The third kappa shape index (κ3) is 5.22. The highest BCUT2D eigenvalue weighted by Gasteiger charge is 2.54. The van der Waals surface area contributed by atoms with Crippen molar-refractivity contribution in [2.24, 2.45) is 29.1 Å². The van der Waals surface area contributed by atoms with Gasteiger partial charge >= 0.3 is 0 Å². The first-order valence-corrected chi connectivity index (χ1v) is 12.4. The highest BCUT2D eigenvalue weighted by molar-refractivity contribution is 5.94. The van der Waals surface area contributed by atoms with Crippen molar-refractivity contribution in [3.8, 4) is 11.8 Å². The van der Waals surface area contributed by atoms with Crippen LogP contribution in [0.25, 0.3) is 0 Å². The molecule has 0 spiro atoms. The van der Waals surface area contributed by atoms with E-state index in [0.717, 1.165) is 25.7 Å². The molecule has 1 aromatic carbocycles. The van der Waals surface area contributed by atoms with Gasteiger partial charge in [-0.05, 0) is 73.1 Å². The number of ether oxygens (including phenoxy) is 1. The summed E-state index contributed by atoms with van der Waals surface area (Å²) >= 11 is 0. The number of nitriles is 1. The van der Waals surface area contributed by atoms with Gasteiger partial charge in [0, 0.05) is 31.1 Å². The zero-order valence-electron chi connectivity index (χ0n) is 21.1. The lowest BCUT2D eigenvalue weighted by molar-refractivity contribution is -0.149. The van der Waals surface area contributed by atoms with E-state index in [9.17, 15) is 14.7 Å². The third-order valence-corrected chi connectivity index (χ3v) is 8.52. The van der Waals surface area contributed by atoms with Crippen LogP contribution in [0.15, 0.2) is 24.3 Å². The Morgan fingerprint density at radius 1 is 1.29 bits per heavy atom. The van der Waals surface area contributed by atoms with Crippen LogP contribution < -0.4 is 10.1 Å². The number of rotatable bonds is 7. The summed E-state index contributed by atoms with van der Waals surface area (Å²) in [5, 5.41) is 23.6. The molecule has 0 aliphatic heterocycles. The summed E-state index contributed by atoms with van der Waals surface area (Å²) in [5.41, 5.74) is 0.578. The molecule has 7 nitrogen and oxygen atoms in total. The van der Waals surface area contributed by atoms with Crippen molar-refractivity contribution in [1.29, 1.82) is 5.26 Å². The van der Waals surface area contributed by atoms with Crippen LogP contribution in [0.4, 0.5) is 0 Å². The topological polar surface area (TPSA) is 103 Å². The molecule has 186 valence electrons. The van der Waals surface area contributed by atoms with Crippen molar-refractivity contribution in [2.75, 3.05) is 20.7 Å². The van der Waals surface area contributed by atoms with E-state index in [-0.39, 0.29) is 46.9 Å². The van der Waals surface area contributed by atoms with Crippen LogP contribution in [-0.2, 0) is 4.79 Å². The van der Waals surface area contributed by atoms with E-state index in [2.05, 4.69) is 25.2 Å². The van der Waals surface area contributed by atoms with Crippen molar-refractivity contribution in [2.45, 2.75) is 65.0 Å². The van der Waals surface area contributed by atoms with Crippen LogP contribution in [0.3, 0.4) is 0 Å².